The molecule has 1 aromatic rings. The lowest BCUT2D eigenvalue weighted by Gasteiger charge is -2.25. The molecule has 102 valence electrons. The van der Waals surface area contributed by atoms with Crippen LogP contribution in [0.1, 0.15) is 41.9 Å². The van der Waals surface area contributed by atoms with E-state index in [9.17, 15) is 4.79 Å². The second-order valence-corrected chi connectivity index (χ2v) is 6.03. The van der Waals surface area contributed by atoms with Crippen LogP contribution in [-0.2, 0) is 4.79 Å². The van der Waals surface area contributed by atoms with Crippen molar-refractivity contribution in [3.8, 4) is 0 Å². The molecule has 0 spiro atoms. The van der Waals surface area contributed by atoms with Gasteiger partial charge in [-0.05, 0) is 74.9 Å². The molecule has 2 aliphatic rings. The Morgan fingerprint density at radius 3 is 2.89 bits per heavy atom. The maximum atomic E-state index is 12.2. The zero-order valence-corrected chi connectivity index (χ0v) is 11.8. The minimum Gasteiger partial charge on any atom is -0.325 e. The van der Waals surface area contributed by atoms with Crippen LogP contribution in [0.2, 0.25) is 0 Å². The predicted octanol–water partition coefficient (Wildman–Crippen LogP) is 2.73. The number of carbonyl (C=O) groups is 1. The number of hydrogen-bond acceptors (Lipinski definition) is 2. The van der Waals surface area contributed by atoms with Crippen molar-refractivity contribution in [2.24, 2.45) is 5.92 Å². The Balaban J connectivity index is 1.85. The number of anilines is 1. The molecule has 1 aromatic carbocycles. The van der Waals surface area contributed by atoms with E-state index in [0.717, 1.165) is 25.2 Å². The first kappa shape index (κ1) is 12.7. The fourth-order valence-electron chi connectivity index (χ4n) is 3.58. The van der Waals surface area contributed by atoms with E-state index in [1.165, 1.54) is 29.5 Å². The Kier molecular flexibility index (Phi) is 3.31. The first-order chi connectivity index (χ1) is 9.15. The summed E-state index contributed by atoms with van der Waals surface area (Å²) >= 11 is 0. The molecule has 1 amide bonds. The standard InChI is InChI=1S/C16H22N2O/c1-10-6-11(2)15-13(16(19)18-14(15)7-10)8-12-4-3-5-17-9-12/h6-7,12-13,17H,3-5,8-9H2,1-2H3,(H,18,19). The number of fused-ring (bicyclic) bond motifs is 1. The van der Waals surface area contributed by atoms with Gasteiger partial charge >= 0.3 is 0 Å². The summed E-state index contributed by atoms with van der Waals surface area (Å²) in [5.41, 5.74) is 4.75. The smallest absolute Gasteiger partial charge is 0.232 e. The van der Waals surface area contributed by atoms with Crippen molar-refractivity contribution < 1.29 is 4.79 Å². The minimum atomic E-state index is 0.0560. The van der Waals surface area contributed by atoms with Crippen LogP contribution >= 0.6 is 0 Å². The quantitative estimate of drug-likeness (QED) is 0.856. The molecule has 0 aliphatic carbocycles. The number of hydrogen-bond donors (Lipinski definition) is 2. The largest absolute Gasteiger partial charge is 0.325 e. The molecule has 19 heavy (non-hydrogen) atoms. The predicted molar refractivity (Wildman–Crippen MR) is 77.5 cm³/mol. The van der Waals surface area contributed by atoms with E-state index < -0.39 is 0 Å². The van der Waals surface area contributed by atoms with Gasteiger partial charge in [-0.1, -0.05) is 6.07 Å². The lowest BCUT2D eigenvalue weighted by Crippen LogP contribution is -2.31. The number of nitrogens with one attached hydrogen (secondary N) is 2. The summed E-state index contributed by atoms with van der Waals surface area (Å²) in [5.74, 6) is 0.880. The Morgan fingerprint density at radius 2 is 2.16 bits per heavy atom. The number of aryl methyl sites for hydroxylation is 2. The minimum absolute atomic E-state index is 0.0560. The molecular formula is C16H22N2O. The van der Waals surface area contributed by atoms with Gasteiger partial charge in [-0.3, -0.25) is 4.79 Å². The van der Waals surface area contributed by atoms with Gasteiger partial charge in [-0.15, -0.1) is 0 Å². The fraction of sp³-hybridized carbons (Fsp3) is 0.562. The fourth-order valence-corrected chi connectivity index (χ4v) is 3.58. The van der Waals surface area contributed by atoms with E-state index in [1.807, 2.05) is 0 Å². The monoisotopic (exact) mass is 258 g/mol. The maximum absolute atomic E-state index is 12.2. The third-order valence-electron chi connectivity index (χ3n) is 4.42. The highest BCUT2D eigenvalue weighted by molar-refractivity contribution is 6.03. The molecule has 3 rings (SSSR count). The van der Waals surface area contributed by atoms with Gasteiger partial charge in [0.15, 0.2) is 0 Å². The van der Waals surface area contributed by atoms with Crippen LogP contribution in [0, 0.1) is 19.8 Å². The number of rotatable bonds is 2. The molecular weight excluding hydrogens is 236 g/mol. The molecule has 1 fully saturated rings. The Bertz CT molecular complexity index is 504. The molecule has 0 aromatic heterocycles. The van der Waals surface area contributed by atoms with Crippen LogP contribution in [-0.4, -0.2) is 19.0 Å². The molecule has 2 N–H and O–H groups in total. The van der Waals surface area contributed by atoms with Gasteiger partial charge in [0.25, 0.3) is 0 Å². The highest BCUT2D eigenvalue weighted by atomic mass is 16.2. The van der Waals surface area contributed by atoms with Gasteiger partial charge in [0.05, 0.1) is 5.92 Å². The SMILES string of the molecule is Cc1cc(C)c2c(c1)NC(=O)C2CC1CCCNC1. The van der Waals surface area contributed by atoms with Gasteiger partial charge in [-0.2, -0.15) is 0 Å². The van der Waals surface area contributed by atoms with Gasteiger partial charge in [0.2, 0.25) is 5.91 Å². The average Bonchev–Trinajstić information content (AvgIpc) is 2.67. The summed E-state index contributed by atoms with van der Waals surface area (Å²) in [5, 5.41) is 6.50. The normalized spacial score (nSPS) is 26.1. The maximum Gasteiger partial charge on any atom is 0.232 e. The molecule has 0 saturated carbocycles. The van der Waals surface area contributed by atoms with Gasteiger partial charge < -0.3 is 10.6 Å². The van der Waals surface area contributed by atoms with Crippen molar-refractivity contribution in [1.82, 2.24) is 5.32 Å². The molecule has 3 nitrogen and oxygen atoms in total. The molecule has 0 bridgehead atoms. The van der Waals surface area contributed by atoms with Crippen LogP contribution in [0.15, 0.2) is 12.1 Å². The number of benzene rings is 1. The number of carbonyl (C=O) groups excluding carboxylic acids is 1. The molecule has 1 saturated heterocycles. The summed E-state index contributed by atoms with van der Waals surface area (Å²) in [6.07, 6.45) is 3.46. The van der Waals surface area contributed by atoms with E-state index in [1.54, 1.807) is 0 Å². The third-order valence-corrected chi connectivity index (χ3v) is 4.42. The summed E-state index contributed by atoms with van der Waals surface area (Å²) in [4.78, 5) is 12.2. The summed E-state index contributed by atoms with van der Waals surface area (Å²) in [6, 6.07) is 4.28. The Labute approximate surface area is 114 Å². The van der Waals surface area contributed by atoms with Crippen molar-refractivity contribution in [3.63, 3.8) is 0 Å². The molecule has 0 radical (unpaired) electrons. The van der Waals surface area contributed by atoms with Gasteiger partial charge in [0, 0.05) is 5.69 Å². The Hall–Kier alpha value is -1.35. The van der Waals surface area contributed by atoms with Crippen LogP contribution in [0.4, 0.5) is 5.69 Å². The highest BCUT2D eigenvalue weighted by Gasteiger charge is 2.34. The first-order valence-corrected chi connectivity index (χ1v) is 7.28. The van der Waals surface area contributed by atoms with Crippen LogP contribution < -0.4 is 10.6 Å². The van der Waals surface area contributed by atoms with E-state index in [0.29, 0.717) is 5.92 Å². The van der Waals surface area contributed by atoms with E-state index >= 15 is 0 Å². The van der Waals surface area contributed by atoms with Gasteiger partial charge in [-0.25, -0.2) is 0 Å². The van der Waals surface area contributed by atoms with Crippen LogP contribution in [0.25, 0.3) is 0 Å². The van der Waals surface area contributed by atoms with Crippen molar-refractivity contribution in [2.45, 2.75) is 39.0 Å². The van der Waals surface area contributed by atoms with Crippen molar-refractivity contribution in [1.29, 1.82) is 0 Å². The second kappa shape index (κ2) is 4.97. The molecule has 2 unspecified atom stereocenters. The van der Waals surface area contributed by atoms with Crippen molar-refractivity contribution in [2.75, 3.05) is 18.4 Å². The number of piperidine rings is 1. The van der Waals surface area contributed by atoms with E-state index in [2.05, 4.69) is 36.6 Å². The molecule has 2 heterocycles. The van der Waals surface area contributed by atoms with Crippen LogP contribution in [0.5, 0.6) is 0 Å². The van der Waals surface area contributed by atoms with Crippen molar-refractivity contribution >= 4 is 11.6 Å². The van der Waals surface area contributed by atoms with Crippen molar-refractivity contribution in [3.05, 3.63) is 28.8 Å². The third kappa shape index (κ3) is 2.39. The lowest BCUT2D eigenvalue weighted by atomic mass is 9.84. The topological polar surface area (TPSA) is 41.1 Å². The summed E-state index contributed by atoms with van der Waals surface area (Å²) in [7, 11) is 0. The number of amides is 1. The first-order valence-electron chi connectivity index (χ1n) is 7.28. The highest BCUT2D eigenvalue weighted by Crippen LogP contribution is 2.40. The average molecular weight is 258 g/mol. The second-order valence-electron chi connectivity index (χ2n) is 6.03. The zero-order valence-electron chi connectivity index (χ0n) is 11.8. The zero-order chi connectivity index (χ0) is 13.4. The van der Waals surface area contributed by atoms with Crippen LogP contribution in [0.3, 0.4) is 0 Å². The molecule has 2 aliphatic heterocycles. The van der Waals surface area contributed by atoms with E-state index in [-0.39, 0.29) is 11.8 Å². The molecule has 2 atom stereocenters. The van der Waals surface area contributed by atoms with E-state index in [4.69, 9.17) is 0 Å². The summed E-state index contributed by atoms with van der Waals surface area (Å²) in [6.45, 7) is 6.39. The summed E-state index contributed by atoms with van der Waals surface area (Å²) < 4.78 is 0. The Morgan fingerprint density at radius 1 is 1.32 bits per heavy atom. The molecule has 3 heteroatoms. The van der Waals surface area contributed by atoms with Gasteiger partial charge in [0.1, 0.15) is 0 Å². The lowest BCUT2D eigenvalue weighted by molar-refractivity contribution is -0.117.